The van der Waals surface area contributed by atoms with Gasteiger partial charge >= 0.3 is 0 Å². The molecule has 6 nitrogen and oxygen atoms in total. The first-order valence-electron chi connectivity index (χ1n) is 9.07. The summed E-state index contributed by atoms with van der Waals surface area (Å²) in [5.41, 5.74) is 1.22. The van der Waals surface area contributed by atoms with Crippen molar-refractivity contribution in [3.63, 3.8) is 0 Å². The lowest BCUT2D eigenvalue weighted by Crippen LogP contribution is -2.37. The minimum absolute atomic E-state index is 0.116. The summed E-state index contributed by atoms with van der Waals surface area (Å²) in [6, 6.07) is 3.68. The van der Waals surface area contributed by atoms with Crippen molar-refractivity contribution in [2.75, 3.05) is 35.5 Å². The highest BCUT2D eigenvalue weighted by atomic mass is 16.5. The Morgan fingerprint density at radius 1 is 1.03 bits per heavy atom. The molecule has 6 heteroatoms. The predicted molar refractivity (Wildman–Crippen MR) is 112 cm³/mol. The Kier molecular flexibility index (Phi) is 7.29. The first-order valence-corrected chi connectivity index (χ1v) is 9.07. The van der Waals surface area contributed by atoms with Crippen LogP contribution in [-0.4, -0.2) is 46.9 Å². The third-order valence-electron chi connectivity index (χ3n) is 4.88. The van der Waals surface area contributed by atoms with Gasteiger partial charge < -0.3 is 23.7 Å². The maximum absolute atomic E-state index is 12.4. The average molecular weight is 400 g/mol. The highest BCUT2D eigenvalue weighted by Gasteiger charge is 2.40. The molecule has 1 aliphatic rings. The normalized spacial score (nSPS) is 19.2. The predicted octanol–water partition coefficient (Wildman–Crippen LogP) is 4.12. The summed E-state index contributed by atoms with van der Waals surface area (Å²) in [7, 11) is 7.79. The van der Waals surface area contributed by atoms with Crippen molar-refractivity contribution in [3.8, 4) is 17.2 Å². The summed E-state index contributed by atoms with van der Waals surface area (Å²) in [6.45, 7) is 5.64. The van der Waals surface area contributed by atoms with Gasteiger partial charge in [0.05, 0.1) is 28.4 Å². The van der Waals surface area contributed by atoms with Crippen LogP contribution in [0.1, 0.15) is 18.9 Å². The summed E-state index contributed by atoms with van der Waals surface area (Å²) >= 11 is 0. The quantitative estimate of drug-likeness (QED) is 0.581. The van der Waals surface area contributed by atoms with E-state index in [9.17, 15) is 4.79 Å². The zero-order valence-corrected chi connectivity index (χ0v) is 17.8. The Bertz CT molecular complexity index is 852. The Labute approximate surface area is 172 Å². The van der Waals surface area contributed by atoms with Crippen LogP contribution in [0.15, 0.2) is 53.8 Å². The van der Waals surface area contributed by atoms with Crippen molar-refractivity contribution < 1.29 is 28.5 Å². The summed E-state index contributed by atoms with van der Waals surface area (Å²) in [5.74, 6) is 1.90. The van der Waals surface area contributed by atoms with Crippen molar-refractivity contribution in [1.82, 2.24) is 0 Å². The number of benzene rings is 1. The van der Waals surface area contributed by atoms with Crippen LogP contribution in [-0.2, 0) is 14.3 Å². The van der Waals surface area contributed by atoms with Gasteiger partial charge in [-0.2, -0.15) is 0 Å². The van der Waals surface area contributed by atoms with Gasteiger partial charge in [0.2, 0.25) is 5.75 Å². The van der Waals surface area contributed by atoms with Gasteiger partial charge in [0.25, 0.3) is 0 Å². The molecule has 0 saturated carbocycles. The molecule has 0 amide bonds. The van der Waals surface area contributed by atoms with Crippen molar-refractivity contribution in [2.45, 2.75) is 18.9 Å². The molecule has 1 aromatic carbocycles. The number of ether oxygens (including phenoxy) is 5. The number of hydrogen-bond donors (Lipinski definition) is 0. The van der Waals surface area contributed by atoms with Crippen LogP contribution in [0, 0.1) is 0 Å². The molecule has 0 N–H and O–H groups in total. The topological polar surface area (TPSA) is 63.2 Å². The minimum atomic E-state index is -1.01. The minimum Gasteiger partial charge on any atom is -0.497 e. The third-order valence-corrected chi connectivity index (χ3v) is 4.88. The average Bonchev–Trinajstić information content (AvgIpc) is 2.73. The van der Waals surface area contributed by atoms with Gasteiger partial charge in [-0.1, -0.05) is 12.2 Å². The lowest BCUT2D eigenvalue weighted by atomic mass is 9.82. The van der Waals surface area contributed by atoms with Crippen LogP contribution >= 0.6 is 0 Å². The summed E-state index contributed by atoms with van der Waals surface area (Å²) in [4.78, 5) is 12.4. The van der Waals surface area contributed by atoms with E-state index in [1.54, 1.807) is 40.6 Å². The smallest absolute Gasteiger partial charge is 0.203 e. The highest BCUT2D eigenvalue weighted by molar-refractivity contribution is 6.06. The zero-order chi connectivity index (χ0) is 21.6. The second-order valence-electron chi connectivity index (χ2n) is 6.47. The van der Waals surface area contributed by atoms with Gasteiger partial charge in [-0.05, 0) is 42.7 Å². The first-order chi connectivity index (χ1) is 13.9. The molecule has 29 heavy (non-hydrogen) atoms. The van der Waals surface area contributed by atoms with Crippen molar-refractivity contribution in [3.05, 3.63) is 59.4 Å². The molecule has 0 fully saturated rings. The molecule has 0 aliphatic heterocycles. The molecule has 0 unspecified atom stereocenters. The molecule has 156 valence electrons. The fraction of sp³-hybridized carbons (Fsp3) is 0.348. The van der Waals surface area contributed by atoms with Crippen LogP contribution in [0.3, 0.4) is 0 Å². The third kappa shape index (κ3) is 4.22. The van der Waals surface area contributed by atoms with Crippen LogP contribution in [0.5, 0.6) is 17.2 Å². The molecule has 0 spiro atoms. The Balaban J connectivity index is 2.64. The molecule has 0 aromatic heterocycles. The first kappa shape index (κ1) is 22.3. The molecule has 2 rings (SSSR count). The van der Waals surface area contributed by atoms with Gasteiger partial charge in [-0.3, -0.25) is 4.79 Å². The lowest BCUT2D eigenvalue weighted by Gasteiger charge is -2.35. The number of carbonyl (C=O) groups excluding carboxylic acids is 1. The molecule has 0 heterocycles. The summed E-state index contributed by atoms with van der Waals surface area (Å²) in [6.07, 6.45) is 7.32. The monoisotopic (exact) mass is 400 g/mol. The molecule has 1 aromatic rings. The SMILES string of the molecule is C=CCC1=C[C@@](OC)(/C(C)=C/c2cc(OC)c(OC)c(OC)c2)C(OC)=CC1=O. The Morgan fingerprint density at radius 3 is 2.10 bits per heavy atom. The Hall–Kier alpha value is -2.99. The number of carbonyl (C=O) groups is 1. The summed E-state index contributed by atoms with van der Waals surface area (Å²) < 4.78 is 27.7. The number of ketones is 1. The van der Waals surface area contributed by atoms with Gasteiger partial charge in [-0.25, -0.2) is 0 Å². The second kappa shape index (κ2) is 9.47. The molecular weight excluding hydrogens is 372 g/mol. The number of rotatable bonds is 9. The standard InChI is InChI=1S/C23H28O6/c1-8-9-17-14-23(29-7,21(27-5)13-18(17)24)15(2)10-16-11-19(25-3)22(28-6)20(12-16)26-4/h8,10-14H,1,9H2,2-7H3/b15-10+/t23-/m1/s1. The summed E-state index contributed by atoms with van der Waals surface area (Å²) in [5, 5.41) is 0. The van der Waals surface area contributed by atoms with Crippen LogP contribution in [0.4, 0.5) is 0 Å². The molecular formula is C23H28O6. The van der Waals surface area contributed by atoms with E-state index in [-0.39, 0.29) is 5.78 Å². The van der Waals surface area contributed by atoms with E-state index in [0.29, 0.717) is 35.0 Å². The van der Waals surface area contributed by atoms with Gasteiger partial charge in [0.1, 0.15) is 5.76 Å². The van der Waals surface area contributed by atoms with Gasteiger partial charge in [0, 0.05) is 18.8 Å². The fourth-order valence-corrected chi connectivity index (χ4v) is 3.40. The van der Waals surface area contributed by atoms with E-state index < -0.39 is 5.60 Å². The van der Waals surface area contributed by atoms with Gasteiger partial charge in [-0.15, -0.1) is 6.58 Å². The maximum atomic E-state index is 12.4. The molecule has 1 atom stereocenters. The number of hydrogen-bond acceptors (Lipinski definition) is 6. The largest absolute Gasteiger partial charge is 0.497 e. The fourth-order valence-electron chi connectivity index (χ4n) is 3.40. The van der Waals surface area contributed by atoms with E-state index >= 15 is 0 Å². The molecule has 0 radical (unpaired) electrons. The van der Waals surface area contributed by atoms with Crippen LogP contribution in [0.25, 0.3) is 6.08 Å². The molecule has 0 bridgehead atoms. The number of methoxy groups -OCH3 is 5. The second-order valence-corrected chi connectivity index (χ2v) is 6.47. The van der Waals surface area contributed by atoms with E-state index in [1.165, 1.54) is 13.2 Å². The maximum Gasteiger partial charge on any atom is 0.203 e. The highest BCUT2D eigenvalue weighted by Crippen LogP contribution is 2.41. The van der Waals surface area contributed by atoms with Gasteiger partial charge in [0.15, 0.2) is 22.9 Å². The van der Waals surface area contributed by atoms with Crippen molar-refractivity contribution in [1.29, 1.82) is 0 Å². The lowest BCUT2D eigenvalue weighted by molar-refractivity contribution is -0.112. The van der Waals surface area contributed by atoms with Crippen LogP contribution in [0.2, 0.25) is 0 Å². The molecule has 1 aliphatic carbocycles. The Morgan fingerprint density at radius 2 is 1.66 bits per heavy atom. The molecule has 0 saturated heterocycles. The van der Waals surface area contributed by atoms with Crippen LogP contribution < -0.4 is 14.2 Å². The zero-order valence-electron chi connectivity index (χ0n) is 17.8. The van der Waals surface area contributed by atoms with Crippen molar-refractivity contribution >= 4 is 11.9 Å². The number of allylic oxidation sites excluding steroid dienone is 3. The van der Waals surface area contributed by atoms with Crippen molar-refractivity contribution in [2.24, 2.45) is 0 Å². The van der Waals surface area contributed by atoms with E-state index in [4.69, 9.17) is 23.7 Å². The van der Waals surface area contributed by atoms with E-state index in [0.717, 1.165) is 11.1 Å². The van der Waals surface area contributed by atoms with E-state index in [1.807, 2.05) is 25.1 Å². The van der Waals surface area contributed by atoms with E-state index in [2.05, 4.69) is 6.58 Å².